The second-order valence-corrected chi connectivity index (χ2v) is 8.64. The van der Waals surface area contributed by atoms with E-state index in [1.165, 1.54) is 16.9 Å². The van der Waals surface area contributed by atoms with Gasteiger partial charge in [0.05, 0.1) is 12.8 Å². The van der Waals surface area contributed by atoms with Crippen LogP contribution in [0.15, 0.2) is 41.1 Å². The van der Waals surface area contributed by atoms with Crippen LogP contribution >= 0.6 is 22.7 Å². The number of benzene rings is 1. The maximum atomic E-state index is 13.0. The Morgan fingerprint density at radius 1 is 1.14 bits per heavy atom. The highest BCUT2D eigenvalue weighted by Crippen LogP contribution is 2.30. The van der Waals surface area contributed by atoms with E-state index in [0.717, 1.165) is 59.6 Å². The first kappa shape index (κ1) is 19.1. The van der Waals surface area contributed by atoms with Crippen molar-refractivity contribution in [1.82, 2.24) is 14.8 Å². The third kappa shape index (κ3) is 4.11. The van der Waals surface area contributed by atoms with Gasteiger partial charge in [-0.3, -0.25) is 9.69 Å². The van der Waals surface area contributed by atoms with E-state index in [0.29, 0.717) is 0 Å². The van der Waals surface area contributed by atoms with Gasteiger partial charge in [0.25, 0.3) is 5.91 Å². The molecule has 0 unspecified atom stereocenters. The number of piperazine rings is 1. The van der Waals surface area contributed by atoms with Crippen molar-refractivity contribution in [3.05, 3.63) is 57.2 Å². The fourth-order valence-electron chi connectivity index (χ4n) is 3.35. The summed E-state index contributed by atoms with van der Waals surface area (Å²) in [4.78, 5) is 22.7. The molecule has 0 atom stereocenters. The number of ether oxygens (including phenoxy) is 1. The second kappa shape index (κ2) is 8.43. The minimum atomic E-state index is 0.112. The minimum Gasteiger partial charge on any atom is -0.497 e. The molecule has 5 nitrogen and oxygen atoms in total. The lowest BCUT2D eigenvalue weighted by Crippen LogP contribution is -2.48. The fourth-order valence-corrected chi connectivity index (χ4v) is 5.09. The Hall–Kier alpha value is -2.22. The van der Waals surface area contributed by atoms with E-state index >= 15 is 0 Å². The van der Waals surface area contributed by atoms with Crippen molar-refractivity contribution in [2.45, 2.75) is 13.5 Å². The quantitative estimate of drug-likeness (QED) is 0.630. The molecule has 0 aliphatic carbocycles. The standard InChI is InChI=1S/C21H23N3O2S2/c1-15-19(28-20(22-15)17-7-12-27-14-17)21(25)24-10-8-23(9-11-24)13-16-3-5-18(26-2)6-4-16/h3-7,12,14H,8-11,13H2,1-2H3. The maximum absolute atomic E-state index is 13.0. The molecular formula is C21H23N3O2S2. The average Bonchev–Trinajstić information content (AvgIpc) is 3.38. The van der Waals surface area contributed by atoms with Crippen molar-refractivity contribution in [2.24, 2.45) is 0 Å². The number of thiophene rings is 1. The number of carbonyl (C=O) groups excluding carboxylic acids is 1. The van der Waals surface area contributed by atoms with Crippen molar-refractivity contribution in [2.75, 3.05) is 33.3 Å². The van der Waals surface area contributed by atoms with Gasteiger partial charge in [-0.2, -0.15) is 11.3 Å². The number of amides is 1. The molecule has 1 aliphatic rings. The lowest BCUT2D eigenvalue weighted by Gasteiger charge is -2.34. The Morgan fingerprint density at radius 2 is 1.89 bits per heavy atom. The summed E-state index contributed by atoms with van der Waals surface area (Å²) in [6.45, 7) is 6.09. The molecule has 1 aliphatic heterocycles. The van der Waals surface area contributed by atoms with E-state index in [2.05, 4.69) is 33.5 Å². The first-order valence-corrected chi connectivity index (χ1v) is 11.0. The van der Waals surface area contributed by atoms with Gasteiger partial charge in [0.2, 0.25) is 0 Å². The van der Waals surface area contributed by atoms with Gasteiger partial charge in [0.15, 0.2) is 0 Å². The van der Waals surface area contributed by atoms with Crippen LogP contribution in [0.3, 0.4) is 0 Å². The molecule has 0 spiro atoms. The molecule has 146 valence electrons. The van der Waals surface area contributed by atoms with Gasteiger partial charge in [0, 0.05) is 43.7 Å². The summed E-state index contributed by atoms with van der Waals surface area (Å²) in [6, 6.07) is 10.2. The van der Waals surface area contributed by atoms with Crippen molar-refractivity contribution in [1.29, 1.82) is 0 Å². The van der Waals surface area contributed by atoms with Crippen molar-refractivity contribution >= 4 is 28.6 Å². The van der Waals surface area contributed by atoms with Gasteiger partial charge in [-0.05, 0) is 36.1 Å². The van der Waals surface area contributed by atoms with Gasteiger partial charge >= 0.3 is 0 Å². The number of methoxy groups -OCH3 is 1. The first-order valence-electron chi connectivity index (χ1n) is 9.28. The highest BCUT2D eigenvalue weighted by Gasteiger charge is 2.25. The molecule has 2 aromatic heterocycles. The molecule has 0 N–H and O–H groups in total. The topological polar surface area (TPSA) is 45.7 Å². The molecular weight excluding hydrogens is 390 g/mol. The maximum Gasteiger partial charge on any atom is 0.265 e. The van der Waals surface area contributed by atoms with Crippen molar-refractivity contribution in [3.63, 3.8) is 0 Å². The monoisotopic (exact) mass is 413 g/mol. The number of hydrogen-bond donors (Lipinski definition) is 0. The van der Waals surface area contributed by atoms with Crippen LogP contribution in [-0.4, -0.2) is 54.0 Å². The van der Waals surface area contributed by atoms with Gasteiger partial charge in [-0.1, -0.05) is 12.1 Å². The number of nitrogens with zero attached hydrogens (tertiary/aromatic N) is 3. The fraction of sp³-hybridized carbons (Fsp3) is 0.333. The zero-order valence-corrected chi connectivity index (χ0v) is 17.7. The van der Waals surface area contributed by atoms with Crippen LogP contribution in [0.4, 0.5) is 0 Å². The number of carbonyl (C=O) groups is 1. The van der Waals surface area contributed by atoms with Gasteiger partial charge in [0.1, 0.15) is 15.6 Å². The van der Waals surface area contributed by atoms with E-state index in [4.69, 9.17) is 4.74 Å². The number of aromatic nitrogens is 1. The van der Waals surface area contributed by atoms with Gasteiger partial charge in [-0.25, -0.2) is 4.98 Å². The van der Waals surface area contributed by atoms with E-state index < -0.39 is 0 Å². The molecule has 1 saturated heterocycles. The Balaban J connectivity index is 1.36. The molecule has 3 aromatic rings. The summed E-state index contributed by atoms with van der Waals surface area (Å²) >= 11 is 3.15. The third-order valence-corrected chi connectivity index (χ3v) is 6.86. The Kier molecular flexibility index (Phi) is 5.75. The van der Waals surface area contributed by atoms with Crippen LogP contribution in [0.1, 0.15) is 20.9 Å². The van der Waals surface area contributed by atoms with E-state index in [-0.39, 0.29) is 5.91 Å². The number of aryl methyl sites for hydroxylation is 1. The molecule has 28 heavy (non-hydrogen) atoms. The number of thiazole rings is 1. The molecule has 0 radical (unpaired) electrons. The van der Waals surface area contributed by atoms with Crippen molar-refractivity contribution < 1.29 is 9.53 Å². The minimum absolute atomic E-state index is 0.112. The predicted octanol–water partition coefficient (Wildman–Crippen LogP) is 4.15. The second-order valence-electron chi connectivity index (χ2n) is 6.86. The van der Waals surface area contributed by atoms with E-state index in [9.17, 15) is 4.79 Å². The highest BCUT2D eigenvalue weighted by molar-refractivity contribution is 7.17. The zero-order chi connectivity index (χ0) is 19.5. The number of rotatable bonds is 5. The predicted molar refractivity (Wildman–Crippen MR) is 114 cm³/mol. The number of hydrogen-bond acceptors (Lipinski definition) is 6. The summed E-state index contributed by atoms with van der Waals surface area (Å²) in [5.74, 6) is 0.987. The first-order chi connectivity index (χ1) is 13.6. The largest absolute Gasteiger partial charge is 0.497 e. The van der Waals surface area contributed by atoms with E-state index in [1.54, 1.807) is 18.4 Å². The van der Waals surface area contributed by atoms with Crippen LogP contribution in [0, 0.1) is 6.92 Å². The Morgan fingerprint density at radius 3 is 2.54 bits per heavy atom. The van der Waals surface area contributed by atoms with Gasteiger partial charge < -0.3 is 9.64 Å². The summed E-state index contributed by atoms with van der Waals surface area (Å²) in [5, 5.41) is 5.04. The molecule has 1 fully saturated rings. The normalized spacial score (nSPS) is 15.0. The summed E-state index contributed by atoms with van der Waals surface area (Å²) in [5.41, 5.74) is 3.19. The van der Waals surface area contributed by atoms with Crippen LogP contribution in [-0.2, 0) is 6.54 Å². The molecule has 0 bridgehead atoms. The molecule has 7 heteroatoms. The summed E-state index contributed by atoms with van der Waals surface area (Å²) in [7, 11) is 1.68. The molecule has 3 heterocycles. The smallest absolute Gasteiger partial charge is 0.265 e. The average molecular weight is 414 g/mol. The molecule has 1 aromatic carbocycles. The van der Waals surface area contributed by atoms with Gasteiger partial charge in [-0.15, -0.1) is 11.3 Å². The molecule has 1 amide bonds. The molecule has 0 saturated carbocycles. The summed E-state index contributed by atoms with van der Waals surface area (Å²) < 4.78 is 5.22. The SMILES string of the molecule is COc1ccc(CN2CCN(C(=O)c3sc(-c4ccsc4)nc3C)CC2)cc1. The lowest BCUT2D eigenvalue weighted by molar-refractivity contribution is 0.0632. The van der Waals surface area contributed by atoms with Crippen molar-refractivity contribution in [3.8, 4) is 16.3 Å². The van der Waals surface area contributed by atoms with Crippen LogP contribution in [0.25, 0.3) is 10.6 Å². The zero-order valence-electron chi connectivity index (χ0n) is 16.1. The van der Waals surface area contributed by atoms with Crippen LogP contribution < -0.4 is 4.74 Å². The Labute approximate surface area is 173 Å². The summed E-state index contributed by atoms with van der Waals surface area (Å²) in [6.07, 6.45) is 0. The third-order valence-electron chi connectivity index (χ3n) is 4.98. The lowest BCUT2D eigenvalue weighted by atomic mass is 10.2. The highest BCUT2D eigenvalue weighted by atomic mass is 32.1. The van der Waals surface area contributed by atoms with Crippen LogP contribution in [0.2, 0.25) is 0 Å². The Bertz CT molecular complexity index is 927. The van der Waals surface area contributed by atoms with Crippen LogP contribution in [0.5, 0.6) is 5.75 Å². The van der Waals surface area contributed by atoms with E-state index in [1.807, 2.05) is 29.3 Å². The molecule has 4 rings (SSSR count).